The highest BCUT2D eigenvalue weighted by Gasteiger charge is 2.43. The Morgan fingerprint density at radius 2 is 1.55 bits per heavy atom. The average molecular weight is 465 g/mol. The average Bonchev–Trinajstić information content (AvgIpc) is 2.79. The van der Waals surface area contributed by atoms with E-state index in [-0.39, 0.29) is 10.9 Å². The SMILES string of the molecule is Cc1ccccc1-c1ccc([C@@H]2CN3CCCCN(S(=O)(=O)c4ccc(F)cc4)C[C@@H]23)cc1. The Balaban J connectivity index is 1.37. The monoisotopic (exact) mass is 464 g/mol. The first-order valence-electron chi connectivity index (χ1n) is 11.6. The van der Waals surface area contributed by atoms with Gasteiger partial charge in [0.15, 0.2) is 0 Å². The van der Waals surface area contributed by atoms with Gasteiger partial charge in [-0.05, 0) is 72.8 Å². The minimum atomic E-state index is -3.65. The van der Waals surface area contributed by atoms with Crippen LogP contribution in [-0.2, 0) is 10.0 Å². The van der Waals surface area contributed by atoms with Crippen LogP contribution in [0.15, 0.2) is 77.7 Å². The number of benzene rings is 3. The van der Waals surface area contributed by atoms with Gasteiger partial charge in [0, 0.05) is 31.6 Å². The summed E-state index contributed by atoms with van der Waals surface area (Å²) >= 11 is 0. The van der Waals surface area contributed by atoms with Crippen molar-refractivity contribution < 1.29 is 12.8 Å². The zero-order valence-corrected chi connectivity index (χ0v) is 19.6. The summed E-state index contributed by atoms with van der Waals surface area (Å²) in [4.78, 5) is 2.57. The van der Waals surface area contributed by atoms with Crippen LogP contribution in [0.5, 0.6) is 0 Å². The Hall–Kier alpha value is -2.54. The molecule has 2 atom stereocenters. The summed E-state index contributed by atoms with van der Waals surface area (Å²) in [6, 6.07) is 22.4. The third-order valence-electron chi connectivity index (χ3n) is 7.10. The Labute approximate surface area is 195 Å². The van der Waals surface area contributed by atoms with E-state index in [4.69, 9.17) is 0 Å². The molecule has 0 spiro atoms. The van der Waals surface area contributed by atoms with E-state index in [1.54, 1.807) is 4.31 Å². The third-order valence-corrected chi connectivity index (χ3v) is 8.98. The highest BCUT2D eigenvalue weighted by Crippen LogP contribution is 2.38. The smallest absolute Gasteiger partial charge is 0.243 e. The Morgan fingerprint density at radius 1 is 0.848 bits per heavy atom. The van der Waals surface area contributed by atoms with Crippen LogP contribution < -0.4 is 0 Å². The van der Waals surface area contributed by atoms with Crippen LogP contribution >= 0.6 is 0 Å². The lowest BCUT2D eigenvalue weighted by Crippen LogP contribution is -2.60. The van der Waals surface area contributed by atoms with Gasteiger partial charge >= 0.3 is 0 Å². The number of sulfonamides is 1. The summed E-state index contributed by atoms with van der Waals surface area (Å²) in [6.07, 6.45) is 1.81. The quantitative estimate of drug-likeness (QED) is 0.542. The molecule has 2 heterocycles. The van der Waals surface area contributed by atoms with Crippen LogP contribution in [0.3, 0.4) is 0 Å². The van der Waals surface area contributed by atoms with Crippen molar-refractivity contribution >= 4 is 10.0 Å². The molecular weight excluding hydrogens is 435 g/mol. The van der Waals surface area contributed by atoms with E-state index in [0.717, 1.165) is 25.9 Å². The molecule has 0 aliphatic carbocycles. The molecule has 6 heteroatoms. The molecule has 2 saturated heterocycles. The normalized spacial score (nSPS) is 22.1. The maximum absolute atomic E-state index is 13.3. The fourth-order valence-corrected chi connectivity index (χ4v) is 6.63. The van der Waals surface area contributed by atoms with Crippen molar-refractivity contribution in [3.05, 3.63) is 89.7 Å². The molecule has 3 aromatic rings. The highest BCUT2D eigenvalue weighted by atomic mass is 32.2. The topological polar surface area (TPSA) is 40.6 Å². The number of fused-ring (bicyclic) bond motifs is 1. The van der Waals surface area contributed by atoms with Gasteiger partial charge in [0.2, 0.25) is 10.0 Å². The number of hydrogen-bond donors (Lipinski definition) is 0. The fourth-order valence-electron chi connectivity index (χ4n) is 5.14. The molecular formula is C27H29FN2O2S. The number of halogens is 1. The Bertz CT molecular complexity index is 1230. The van der Waals surface area contributed by atoms with Crippen molar-refractivity contribution in [2.24, 2.45) is 0 Å². The van der Waals surface area contributed by atoms with Crippen LogP contribution in [0.2, 0.25) is 0 Å². The molecule has 0 unspecified atom stereocenters. The van der Waals surface area contributed by atoms with E-state index in [0.29, 0.717) is 19.0 Å². The molecule has 3 aromatic carbocycles. The first-order valence-corrected chi connectivity index (χ1v) is 13.0. The van der Waals surface area contributed by atoms with Gasteiger partial charge in [0.25, 0.3) is 0 Å². The molecule has 0 aromatic heterocycles. The van der Waals surface area contributed by atoms with Crippen molar-refractivity contribution in [1.82, 2.24) is 9.21 Å². The molecule has 0 bridgehead atoms. The second-order valence-electron chi connectivity index (χ2n) is 9.13. The maximum Gasteiger partial charge on any atom is 0.243 e. The van der Waals surface area contributed by atoms with Gasteiger partial charge in [-0.15, -0.1) is 0 Å². The van der Waals surface area contributed by atoms with Crippen molar-refractivity contribution in [1.29, 1.82) is 0 Å². The first-order chi connectivity index (χ1) is 15.9. The van der Waals surface area contributed by atoms with E-state index >= 15 is 0 Å². The van der Waals surface area contributed by atoms with Crippen LogP contribution in [0.25, 0.3) is 11.1 Å². The van der Waals surface area contributed by atoms with Gasteiger partial charge in [0.1, 0.15) is 5.82 Å². The second-order valence-corrected chi connectivity index (χ2v) is 11.1. The lowest BCUT2D eigenvalue weighted by Gasteiger charge is -2.51. The summed E-state index contributed by atoms with van der Waals surface area (Å²) in [6.45, 7) is 5.05. The summed E-state index contributed by atoms with van der Waals surface area (Å²) in [5, 5.41) is 0. The highest BCUT2D eigenvalue weighted by molar-refractivity contribution is 7.89. The third kappa shape index (κ3) is 4.35. The van der Waals surface area contributed by atoms with Crippen molar-refractivity contribution in [2.45, 2.75) is 36.6 Å². The predicted molar refractivity (Wildman–Crippen MR) is 129 cm³/mol. The van der Waals surface area contributed by atoms with Gasteiger partial charge in [-0.3, -0.25) is 4.90 Å². The molecule has 4 nitrogen and oxygen atoms in total. The maximum atomic E-state index is 13.3. The van der Waals surface area contributed by atoms with Gasteiger partial charge in [0.05, 0.1) is 4.90 Å². The Morgan fingerprint density at radius 3 is 2.27 bits per heavy atom. The minimum Gasteiger partial charge on any atom is -0.298 e. The number of aryl methyl sites for hydroxylation is 1. The molecule has 172 valence electrons. The molecule has 33 heavy (non-hydrogen) atoms. The van der Waals surface area contributed by atoms with Crippen molar-refractivity contribution in [3.8, 4) is 11.1 Å². The largest absolute Gasteiger partial charge is 0.298 e. The molecule has 5 rings (SSSR count). The lowest BCUT2D eigenvalue weighted by molar-refractivity contribution is 0.0347. The van der Waals surface area contributed by atoms with E-state index in [9.17, 15) is 12.8 Å². The van der Waals surface area contributed by atoms with E-state index in [2.05, 4.69) is 60.4 Å². The standard InChI is InChI=1S/C27H29FN2O2S/c1-20-6-2-3-7-25(20)21-8-10-22(11-9-21)26-18-29-16-4-5-17-30(19-27(26)29)33(31,32)24-14-12-23(28)13-15-24/h2-3,6-15,26-27H,4-5,16-19H2,1H3/t26-,27-/m0/s1. The van der Waals surface area contributed by atoms with Gasteiger partial charge < -0.3 is 0 Å². The number of hydrogen-bond acceptors (Lipinski definition) is 3. The van der Waals surface area contributed by atoms with E-state index in [1.165, 1.54) is 46.5 Å². The van der Waals surface area contributed by atoms with Gasteiger partial charge in [-0.1, -0.05) is 48.5 Å². The summed E-state index contributed by atoms with van der Waals surface area (Å²) in [5.74, 6) is -0.124. The van der Waals surface area contributed by atoms with Crippen molar-refractivity contribution in [2.75, 3.05) is 26.2 Å². The van der Waals surface area contributed by atoms with Gasteiger partial charge in [-0.25, -0.2) is 12.8 Å². The number of nitrogens with zero attached hydrogens (tertiary/aromatic N) is 2. The minimum absolute atomic E-state index is 0.157. The summed E-state index contributed by atoms with van der Waals surface area (Å²) in [5.41, 5.74) is 4.95. The zero-order chi connectivity index (χ0) is 23.0. The van der Waals surface area contributed by atoms with Crippen LogP contribution in [-0.4, -0.2) is 49.8 Å². The lowest BCUT2D eigenvalue weighted by atomic mass is 9.81. The second kappa shape index (κ2) is 9.01. The summed E-state index contributed by atoms with van der Waals surface area (Å²) < 4.78 is 41.5. The van der Waals surface area contributed by atoms with Crippen LogP contribution in [0.1, 0.15) is 29.9 Å². The molecule has 0 radical (unpaired) electrons. The van der Waals surface area contributed by atoms with Gasteiger partial charge in [-0.2, -0.15) is 4.31 Å². The predicted octanol–water partition coefficient (Wildman–Crippen LogP) is 5.05. The molecule has 2 fully saturated rings. The molecule has 0 amide bonds. The molecule has 0 N–H and O–H groups in total. The van der Waals surface area contributed by atoms with Crippen LogP contribution in [0, 0.1) is 12.7 Å². The zero-order valence-electron chi connectivity index (χ0n) is 18.8. The van der Waals surface area contributed by atoms with Crippen LogP contribution in [0.4, 0.5) is 4.39 Å². The molecule has 2 aliphatic heterocycles. The summed E-state index contributed by atoms with van der Waals surface area (Å²) in [7, 11) is -3.65. The fraction of sp³-hybridized carbons (Fsp3) is 0.333. The molecule has 0 saturated carbocycles. The number of rotatable bonds is 4. The van der Waals surface area contributed by atoms with Crippen molar-refractivity contribution in [3.63, 3.8) is 0 Å². The van der Waals surface area contributed by atoms with E-state index in [1.807, 2.05) is 0 Å². The molecule has 2 aliphatic rings. The first kappa shape index (κ1) is 22.3. The van der Waals surface area contributed by atoms with E-state index < -0.39 is 15.8 Å². The Kier molecular flexibility index (Phi) is 6.08.